The smallest absolute Gasteiger partial charge is 0.115 e. The molecule has 0 amide bonds. The summed E-state index contributed by atoms with van der Waals surface area (Å²) < 4.78 is 0.893. The molecule has 4 heteroatoms. The largest absolute Gasteiger partial charge is 0.508 e. The highest BCUT2D eigenvalue weighted by Crippen LogP contribution is 2.33. The predicted octanol–water partition coefficient (Wildman–Crippen LogP) is 4.96. The highest BCUT2D eigenvalue weighted by atomic mass is 79.9. The quantitative estimate of drug-likeness (QED) is 0.845. The summed E-state index contributed by atoms with van der Waals surface area (Å²) >= 11 is 11.0. The van der Waals surface area contributed by atoms with Gasteiger partial charge in [-0.25, -0.2) is 0 Å². The lowest BCUT2D eigenvalue weighted by atomic mass is 10.3. The average Bonchev–Trinajstić information content (AvgIpc) is 2.27. The van der Waals surface area contributed by atoms with Gasteiger partial charge in [0, 0.05) is 14.3 Å². The van der Waals surface area contributed by atoms with Crippen LogP contribution in [0.1, 0.15) is 0 Å². The van der Waals surface area contributed by atoms with Crippen molar-refractivity contribution in [1.29, 1.82) is 0 Å². The second kappa shape index (κ2) is 5.13. The van der Waals surface area contributed by atoms with Crippen LogP contribution in [0.3, 0.4) is 0 Å². The topological polar surface area (TPSA) is 20.2 Å². The van der Waals surface area contributed by atoms with Crippen LogP contribution in [0.2, 0.25) is 5.02 Å². The molecular formula is C12H8BrClOS. The molecule has 0 unspecified atom stereocenters. The molecule has 0 radical (unpaired) electrons. The molecule has 0 fully saturated rings. The van der Waals surface area contributed by atoms with Gasteiger partial charge in [-0.15, -0.1) is 0 Å². The van der Waals surface area contributed by atoms with Crippen LogP contribution in [-0.2, 0) is 0 Å². The molecule has 0 aliphatic carbocycles. The van der Waals surface area contributed by atoms with Crippen LogP contribution in [0, 0.1) is 0 Å². The van der Waals surface area contributed by atoms with Crippen LogP contribution in [0.25, 0.3) is 0 Å². The van der Waals surface area contributed by atoms with Gasteiger partial charge in [0.1, 0.15) is 5.75 Å². The second-order valence-electron chi connectivity index (χ2n) is 3.17. The lowest BCUT2D eigenvalue weighted by Gasteiger charge is -2.03. The Hall–Kier alpha value is -0.640. The molecule has 1 N–H and O–H groups in total. The second-order valence-corrected chi connectivity index (χ2v) is 5.58. The fraction of sp³-hybridized carbons (Fsp3) is 0. The van der Waals surface area contributed by atoms with Crippen LogP contribution in [0.15, 0.2) is 56.7 Å². The van der Waals surface area contributed by atoms with Crippen molar-refractivity contribution >= 4 is 39.3 Å². The molecule has 2 rings (SSSR count). The third kappa shape index (κ3) is 2.94. The summed E-state index contributed by atoms with van der Waals surface area (Å²) in [5, 5.41) is 9.86. The molecule has 0 atom stereocenters. The number of aromatic hydroxyl groups is 1. The molecule has 1 nitrogen and oxygen atoms in total. The predicted molar refractivity (Wildman–Crippen MR) is 71.4 cm³/mol. The SMILES string of the molecule is Oc1ccc(Sc2ccc(Br)c(Cl)c2)cc1. The van der Waals surface area contributed by atoms with E-state index in [1.807, 2.05) is 30.3 Å². The molecule has 0 heterocycles. The summed E-state index contributed by atoms with van der Waals surface area (Å²) in [5.74, 6) is 0.276. The molecule has 0 spiro atoms. The maximum Gasteiger partial charge on any atom is 0.115 e. The minimum atomic E-state index is 0.276. The molecule has 0 aromatic heterocycles. The van der Waals surface area contributed by atoms with Gasteiger partial charge in [0.05, 0.1) is 5.02 Å². The van der Waals surface area contributed by atoms with E-state index in [4.69, 9.17) is 16.7 Å². The summed E-state index contributed by atoms with van der Waals surface area (Å²) in [7, 11) is 0. The Morgan fingerprint density at radius 3 is 2.25 bits per heavy atom. The molecule has 0 bridgehead atoms. The third-order valence-corrected chi connectivity index (χ3v) is 4.19. The van der Waals surface area contributed by atoms with E-state index < -0.39 is 0 Å². The van der Waals surface area contributed by atoms with E-state index in [-0.39, 0.29) is 5.75 Å². The third-order valence-electron chi connectivity index (χ3n) is 1.96. The number of phenolic OH excluding ortho intramolecular Hbond substituents is 1. The first-order valence-corrected chi connectivity index (χ1v) is 6.56. The minimum absolute atomic E-state index is 0.276. The average molecular weight is 316 g/mol. The van der Waals surface area contributed by atoms with Gasteiger partial charge in [0.2, 0.25) is 0 Å². The number of phenols is 1. The number of halogens is 2. The van der Waals surface area contributed by atoms with Crippen molar-refractivity contribution in [3.63, 3.8) is 0 Å². The van der Waals surface area contributed by atoms with Crippen LogP contribution in [-0.4, -0.2) is 5.11 Å². The lowest BCUT2D eigenvalue weighted by molar-refractivity contribution is 0.475. The van der Waals surface area contributed by atoms with E-state index in [0.29, 0.717) is 5.02 Å². The lowest BCUT2D eigenvalue weighted by Crippen LogP contribution is -1.75. The van der Waals surface area contributed by atoms with Crippen LogP contribution in [0.4, 0.5) is 0 Å². The Labute approximate surface area is 112 Å². The molecule has 2 aromatic carbocycles. The monoisotopic (exact) mass is 314 g/mol. The van der Waals surface area contributed by atoms with Gasteiger partial charge in [0.25, 0.3) is 0 Å². The molecule has 0 aliphatic heterocycles. The van der Waals surface area contributed by atoms with Crippen molar-refractivity contribution in [3.05, 3.63) is 52.0 Å². The number of rotatable bonds is 2. The number of hydrogen-bond donors (Lipinski definition) is 1. The maximum atomic E-state index is 9.17. The Balaban J connectivity index is 2.20. The molecule has 2 aromatic rings. The zero-order chi connectivity index (χ0) is 11.5. The van der Waals surface area contributed by atoms with Crippen molar-refractivity contribution in [3.8, 4) is 5.75 Å². The van der Waals surface area contributed by atoms with Crippen LogP contribution >= 0.6 is 39.3 Å². The fourth-order valence-electron chi connectivity index (χ4n) is 1.19. The van der Waals surface area contributed by atoms with Gasteiger partial charge < -0.3 is 5.11 Å². The Bertz CT molecular complexity index is 499. The van der Waals surface area contributed by atoms with Crippen molar-refractivity contribution in [2.45, 2.75) is 9.79 Å². The van der Waals surface area contributed by atoms with E-state index in [1.165, 1.54) is 0 Å². The zero-order valence-corrected chi connectivity index (χ0v) is 11.3. The van der Waals surface area contributed by atoms with E-state index in [9.17, 15) is 0 Å². The maximum absolute atomic E-state index is 9.17. The first kappa shape index (κ1) is 11.8. The highest BCUT2D eigenvalue weighted by molar-refractivity contribution is 9.10. The van der Waals surface area contributed by atoms with Gasteiger partial charge in [-0.05, 0) is 58.4 Å². The van der Waals surface area contributed by atoms with E-state index in [0.717, 1.165) is 14.3 Å². The first-order valence-electron chi connectivity index (χ1n) is 4.57. The summed E-state index contributed by atoms with van der Waals surface area (Å²) in [5.41, 5.74) is 0. The normalized spacial score (nSPS) is 10.4. The number of hydrogen-bond acceptors (Lipinski definition) is 2. The van der Waals surface area contributed by atoms with Crippen molar-refractivity contribution in [2.75, 3.05) is 0 Å². The van der Waals surface area contributed by atoms with Gasteiger partial charge in [-0.1, -0.05) is 23.4 Å². The highest BCUT2D eigenvalue weighted by Gasteiger charge is 2.01. The Morgan fingerprint density at radius 2 is 1.62 bits per heavy atom. The van der Waals surface area contributed by atoms with Crippen LogP contribution < -0.4 is 0 Å². The summed E-state index contributed by atoms with van der Waals surface area (Å²) in [6.07, 6.45) is 0. The van der Waals surface area contributed by atoms with Gasteiger partial charge in [0.15, 0.2) is 0 Å². The van der Waals surface area contributed by atoms with E-state index in [2.05, 4.69) is 15.9 Å². The Kier molecular flexibility index (Phi) is 3.79. The summed E-state index contributed by atoms with van der Waals surface area (Å²) in [6, 6.07) is 12.9. The molecule has 16 heavy (non-hydrogen) atoms. The van der Waals surface area contributed by atoms with E-state index in [1.54, 1.807) is 23.9 Å². The van der Waals surface area contributed by atoms with Crippen molar-refractivity contribution in [2.24, 2.45) is 0 Å². The molecule has 0 aliphatic rings. The summed E-state index contributed by atoms with van der Waals surface area (Å²) in [4.78, 5) is 2.13. The Morgan fingerprint density at radius 1 is 1.00 bits per heavy atom. The fourth-order valence-corrected chi connectivity index (χ4v) is 2.54. The molecule has 0 saturated heterocycles. The molecular weight excluding hydrogens is 308 g/mol. The number of benzene rings is 2. The standard InChI is InChI=1S/C12H8BrClOS/c13-11-6-5-10(7-12(11)14)16-9-3-1-8(15)2-4-9/h1-7,15H. The minimum Gasteiger partial charge on any atom is -0.508 e. The van der Waals surface area contributed by atoms with Gasteiger partial charge >= 0.3 is 0 Å². The zero-order valence-electron chi connectivity index (χ0n) is 8.15. The van der Waals surface area contributed by atoms with Crippen molar-refractivity contribution < 1.29 is 5.11 Å². The first-order chi connectivity index (χ1) is 7.65. The molecule has 0 saturated carbocycles. The summed E-state index contributed by atoms with van der Waals surface area (Å²) in [6.45, 7) is 0. The van der Waals surface area contributed by atoms with Gasteiger partial charge in [-0.2, -0.15) is 0 Å². The molecule has 82 valence electrons. The van der Waals surface area contributed by atoms with Crippen molar-refractivity contribution in [1.82, 2.24) is 0 Å². The van der Waals surface area contributed by atoms with Crippen LogP contribution in [0.5, 0.6) is 5.75 Å². The van der Waals surface area contributed by atoms with Gasteiger partial charge in [-0.3, -0.25) is 0 Å². The van der Waals surface area contributed by atoms with E-state index >= 15 is 0 Å².